The molecule has 132 valence electrons. The maximum absolute atomic E-state index is 13.3. The van der Waals surface area contributed by atoms with E-state index in [0.717, 1.165) is 42.1 Å². The van der Waals surface area contributed by atoms with E-state index >= 15 is 0 Å². The van der Waals surface area contributed by atoms with Crippen LogP contribution in [0.5, 0.6) is 0 Å². The monoisotopic (exact) mass is 345 g/mol. The number of pyridine rings is 1. The number of aromatic nitrogens is 1. The van der Waals surface area contributed by atoms with Crippen LogP contribution in [-0.2, 0) is 10.2 Å². The molecule has 3 aromatic rings. The summed E-state index contributed by atoms with van der Waals surface area (Å²) in [4.78, 5) is 17.7. The number of benzene rings is 2. The SMILES string of the molecule is NNC(=O)C1(c2cccc3ncccc23)CCCCC1c1ccccc1. The van der Waals surface area contributed by atoms with E-state index in [-0.39, 0.29) is 11.8 Å². The van der Waals surface area contributed by atoms with Crippen molar-refractivity contribution in [2.24, 2.45) is 5.84 Å². The van der Waals surface area contributed by atoms with Crippen LogP contribution in [0.3, 0.4) is 0 Å². The molecule has 0 bridgehead atoms. The molecule has 0 aliphatic heterocycles. The van der Waals surface area contributed by atoms with Crippen LogP contribution < -0.4 is 11.3 Å². The fourth-order valence-corrected chi connectivity index (χ4v) is 4.65. The number of fused-ring (bicyclic) bond motifs is 1. The van der Waals surface area contributed by atoms with Gasteiger partial charge < -0.3 is 0 Å². The lowest BCUT2D eigenvalue weighted by molar-refractivity contribution is -0.129. The molecule has 2 atom stereocenters. The number of nitrogens with one attached hydrogen (secondary N) is 1. The maximum Gasteiger partial charge on any atom is 0.245 e. The van der Waals surface area contributed by atoms with Crippen molar-refractivity contribution in [2.45, 2.75) is 37.0 Å². The van der Waals surface area contributed by atoms with Gasteiger partial charge in [0.15, 0.2) is 0 Å². The summed E-state index contributed by atoms with van der Waals surface area (Å²) in [5.74, 6) is 5.68. The third-order valence-corrected chi connectivity index (χ3v) is 5.77. The highest BCUT2D eigenvalue weighted by molar-refractivity contribution is 5.95. The minimum absolute atomic E-state index is 0.0896. The van der Waals surface area contributed by atoms with E-state index in [4.69, 9.17) is 5.84 Å². The lowest BCUT2D eigenvalue weighted by Gasteiger charge is -2.43. The standard InChI is InChI=1S/C22H23N3O/c23-25-21(26)22(19-12-6-13-20-17(19)10-7-15-24-20)14-5-4-11-18(22)16-8-2-1-3-9-16/h1-3,6-10,12-13,15,18H,4-5,11,14,23H2,(H,25,26). The second kappa shape index (κ2) is 6.89. The first-order chi connectivity index (χ1) is 12.8. The van der Waals surface area contributed by atoms with Gasteiger partial charge >= 0.3 is 0 Å². The first-order valence-electron chi connectivity index (χ1n) is 9.17. The van der Waals surface area contributed by atoms with Crippen molar-refractivity contribution in [1.82, 2.24) is 10.4 Å². The average Bonchev–Trinajstić information content (AvgIpc) is 2.73. The van der Waals surface area contributed by atoms with Gasteiger partial charge in [0, 0.05) is 17.5 Å². The molecule has 1 saturated carbocycles. The Balaban J connectivity index is 1.99. The molecule has 0 saturated heterocycles. The quantitative estimate of drug-likeness (QED) is 0.431. The molecule has 2 unspecified atom stereocenters. The third kappa shape index (κ3) is 2.58. The molecule has 26 heavy (non-hydrogen) atoms. The largest absolute Gasteiger partial charge is 0.293 e. The average molecular weight is 345 g/mol. The summed E-state index contributed by atoms with van der Waals surface area (Å²) in [6.07, 6.45) is 5.66. The van der Waals surface area contributed by atoms with Gasteiger partial charge in [-0.1, -0.05) is 61.4 Å². The van der Waals surface area contributed by atoms with Crippen molar-refractivity contribution in [1.29, 1.82) is 0 Å². The van der Waals surface area contributed by atoms with Gasteiger partial charge in [-0.3, -0.25) is 15.2 Å². The van der Waals surface area contributed by atoms with Gasteiger partial charge in [-0.15, -0.1) is 0 Å². The van der Waals surface area contributed by atoms with Crippen LogP contribution in [0, 0.1) is 0 Å². The molecule has 2 aromatic carbocycles. The Hall–Kier alpha value is -2.72. The number of amides is 1. The molecule has 4 nitrogen and oxygen atoms in total. The Labute approximate surface area is 153 Å². The summed E-state index contributed by atoms with van der Waals surface area (Å²) >= 11 is 0. The van der Waals surface area contributed by atoms with Crippen molar-refractivity contribution in [3.05, 3.63) is 78.0 Å². The van der Waals surface area contributed by atoms with Crippen LogP contribution in [0.1, 0.15) is 42.7 Å². The molecule has 1 aromatic heterocycles. The van der Waals surface area contributed by atoms with E-state index in [1.807, 2.05) is 36.4 Å². The summed E-state index contributed by atoms with van der Waals surface area (Å²) in [7, 11) is 0. The van der Waals surface area contributed by atoms with Crippen molar-refractivity contribution in [3.8, 4) is 0 Å². The topological polar surface area (TPSA) is 68.0 Å². The maximum atomic E-state index is 13.3. The van der Waals surface area contributed by atoms with Crippen molar-refractivity contribution >= 4 is 16.8 Å². The smallest absolute Gasteiger partial charge is 0.245 e. The molecule has 0 spiro atoms. The Morgan fingerprint density at radius 1 is 1.04 bits per heavy atom. The number of nitrogens with two attached hydrogens (primary N) is 1. The highest BCUT2D eigenvalue weighted by Crippen LogP contribution is 2.50. The van der Waals surface area contributed by atoms with Crippen molar-refractivity contribution < 1.29 is 4.79 Å². The number of hydrogen-bond donors (Lipinski definition) is 2. The van der Waals surface area contributed by atoms with Crippen LogP contribution in [-0.4, -0.2) is 10.9 Å². The van der Waals surface area contributed by atoms with E-state index in [0.29, 0.717) is 0 Å². The predicted molar refractivity (Wildman–Crippen MR) is 103 cm³/mol. The Kier molecular flexibility index (Phi) is 4.43. The summed E-state index contributed by atoms with van der Waals surface area (Å²) in [6.45, 7) is 0. The normalized spacial score (nSPS) is 22.9. The van der Waals surface area contributed by atoms with Gasteiger partial charge in [0.1, 0.15) is 0 Å². The number of rotatable bonds is 3. The van der Waals surface area contributed by atoms with Gasteiger partial charge in [0.05, 0.1) is 10.9 Å². The minimum Gasteiger partial charge on any atom is -0.293 e. The van der Waals surface area contributed by atoms with Gasteiger partial charge in [-0.2, -0.15) is 0 Å². The number of hydrazine groups is 1. The Bertz CT molecular complexity index is 920. The molecular weight excluding hydrogens is 322 g/mol. The predicted octanol–water partition coefficient (Wildman–Crippen LogP) is 3.82. The fraction of sp³-hybridized carbons (Fsp3) is 0.273. The molecule has 1 fully saturated rings. The van der Waals surface area contributed by atoms with Gasteiger partial charge in [0.2, 0.25) is 5.91 Å². The molecular formula is C22H23N3O. The molecule has 4 rings (SSSR count). The van der Waals surface area contributed by atoms with Gasteiger partial charge in [0.25, 0.3) is 0 Å². The lowest BCUT2D eigenvalue weighted by Crippen LogP contribution is -2.52. The van der Waals surface area contributed by atoms with Crippen molar-refractivity contribution in [2.75, 3.05) is 0 Å². The van der Waals surface area contributed by atoms with Crippen LogP contribution >= 0.6 is 0 Å². The van der Waals surface area contributed by atoms with E-state index in [1.165, 1.54) is 5.56 Å². The Morgan fingerprint density at radius 3 is 2.69 bits per heavy atom. The molecule has 4 heteroatoms. The molecule has 1 aliphatic carbocycles. The molecule has 1 amide bonds. The Morgan fingerprint density at radius 2 is 1.88 bits per heavy atom. The highest BCUT2D eigenvalue weighted by Gasteiger charge is 2.49. The van der Waals surface area contributed by atoms with E-state index in [9.17, 15) is 4.79 Å². The van der Waals surface area contributed by atoms with Crippen molar-refractivity contribution in [3.63, 3.8) is 0 Å². The van der Waals surface area contributed by atoms with Crippen LogP contribution in [0.25, 0.3) is 10.9 Å². The number of nitrogens with zero attached hydrogens (tertiary/aromatic N) is 1. The van der Waals surface area contributed by atoms with Crippen LogP contribution in [0.15, 0.2) is 66.9 Å². The number of carbonyl (C=O) groups is 1. The fourth-order valence-electron chi connectivity index (χ4n) is 4.65. The zero-order chi connectivity index (χ0) is 18.0. The van der Waals surface area contributed by atoms with Crippen LogP contribution in [0.2, 0.25) is 0 Å². The van der Waals surface area contributed by atoms with E-state index in [2.05, 4.69) is 34.7 Å². The second-order valence-corrected chi connectivity index (χ2v) is 7.03. The summed E-state index contributed by atoms with van der Waals surface area (Å²) < 4.78 is 0. The molecule has 3 N–H and O–H groups in total. The minimum atomic E-state index is -0.684. The first-order valence-corrected chi connectivity index (χ1v) is 9.17. The molecule has 1 heterocycles. The summed E-state index contributed by atoms with van der Waals surface area (Å²) in [5.41, 5.74) is 4.92. The zero-order valence-electron chi connectivity index (χ0n) is 14.7. The molecule has 1 aliphatic rings. The third-order valence-electron chi connectivity index (χ3n) is 5.77. The number of carbonyl (C=O) groups excluding carboxylic acids is 1. The second-order valence-electron chi connectivity index (χ2n) is 7.03. The molecule has 0 radical (unpaired) electrons. The van der Waals surface area contributed by atoms with Gasteiger partial charge in [-0.25, -0.2) is 5.84 Å². The van der Waals surface area contributed by atoms with Crippen LogP contribution in [0.4, 0.5) is 0 Å². The van der Waals surface area contributed by atoms with E-state index in [1.54, 1.807) is 6.20 Å². The zero-order valence-corrected chi connectivity index (χ0v) is 14.7. The first kappa shape index (κ1) is 16.7. The highest BCUT2D eigenvalue weighted by atomic mass is 16.2. The van der Waals surface area contributed by atoms with Gasteiger partial charge in [-0.05, 0) is 36.1 Å². The van der Waals surface area contributed by atoms with E-state index < -0.39 is 5.41 Å². The summed E-state index contributed by atoms with van der Waals surface area (Å²) in [6, 6.07) is 20.4. The number of hydrogen-bond acceptors (Lipinski definition) is 3. The summed E-state index contributed by atoms with van der Waals surface area (Å²) in [5, 5.41) is 1.03. The lowest BCUT2D eigenvalue weighted by atomic mass is 9.59.